The summed E-state index contributed by atoms with van der Waals surface area (Å²) in [6.07, 6.45) is 2.88. The summed E-state index contributed by atoms with van der Waals surface area (Å²) >= 11 is 0. The maximum absolute atomic E-state index is 12.2. The van der Waals surface area contributed by atoms with Crippen molar-refractivity contribution in [3.8, 4) is 0 Å². The smallest absolute Gasteiger partial charge is 0.337 e. The molecular weight excluding hydrogens is 296 g/mol. The molecule has 0 aliphatic heterocycles. The van der Waals surface area contributed by atoms with Gasteiger partial charge in [0.25, 0.3) is 10.0 Å². The van der Waals surface area contributed by atoms with E-state index in [1.165, 1.54) is 42.4 Å². The van der Waals surface area contributed by atoms with Crippen LogP contribution in [0.2, 0.25) is 0 Å². The van der Waals surface area contributed by atoms with E-state index in [-0.39, 0.29) is 16.1 Å². The summed E-state index contributed by atoms with van der Waals surface area (Å²) in [6, 6.07) is 3.84. The van der Waals surface area contributed by atoms with Gasteiger partial charge in [-0.15, -0.1) is 0 Å². The number of carbonyl (C=O) groups excluding carboxylic acids is 1. The highest BCUT2D eigenvalue weighted by Gasteiger charge is 2.19. The topological polar surface area (TPSA) is 116 Å². The second-order valence-corrected chi connectivity index (χ2v) is 5.90. The molecule has 0 aliphatic rings. The number of nitrogens with zero attached hydrogens (tertiary/aromatic N) is 2. The molecule has 1 heterocycles. The Hall–Kier alpha value is -2.55. The van der Waals surface area contributed by atoms with Crippen molar-refractivity contribution in [1.82, 2.24) is 9.78 Å². The molecule has 0 saturated heterocycles. The first-order valence-corrected chi connectivity index (χ1v) is 7.31. The Morgan fingerprint density at radius 3 is 2.67 bits per heavy atom. The van der Waals surface area contributed by atoms with Gasteiger partial charge in [0.2, 0.25) is 0 Å². The van der Waals surface area contributed by atoms with Gasteiger partial charge in [-0.25, -0.2) is 13.2 Å². The minimum absolute atomic E-state index is 0.0470. The first-order chi connectivity index (χ1) is 9.83. The number of esters is 1. The van der Waals surface area contributed by atoms with Gasteiger partial charge in [-0.2, -0.15) is 5.10 Å². The highest BCUT2D eigenvalue weighted by atomic mass is 32.2. The number of benzene rings is 1. The van der Waals surface area contributed by atoms with Gasteiger partial charge in [0.15, 0.2) is 0 Å². The first kappa shape index (κ1) is 14.9. The van der Waals surface area contributed by atoms with Crippen LogP contribution in [0.4, 0.5) is 11.4 Å². The average molecular weight is 310 g/mol. The number of sulfonamides is 1. The van der Waals surface area contributed by atoms with E-state index in [0.717, 1.165) is 0 Å². The molecule has 3 N–H and O–H groups in total. The molecule has 0 fully saturated rings. The van der Waals surface area contributed by atoms with E-state index in [2.05, 4.69) is 14.6 Å². The summed E-state index contributed by atoms with van der Waals surface area (Å²) < 4.78 is 32.8. The van der Waals surface area contributed by atoms with Gasteiger partial charge in [-0.3, -0.25) is 9.40 Å². The quantitative estimate of drug-likeness (QED) is 0.630. The molecular formula is C12H14N4O4S. The number of hydrogen-bond acceptors (Lipinski definition) is 6. The second kappa shape index (κ2) is 5.44. The minimum Gasteiger partial charge on any atom is -0.465 e. The summed E-state index contributed by atoms with van der Waals surface area (Å²) in [5, 5.41) is 3.86. The van der Waals surface area contributed by atoms with E-state index in [1.807, 2.05) is 0 Å². The summed E-state index contributed by atoms with van der Waals surface area (Å²) in [5.41, 5.74) is 6.15. The van der Waals surface area contributed by atoms with E-state index in [9.17, 15) is 13.2 Å². The van der Waals surface area contributed by atoms with E-state index in [0.29, 0.717) is 5.69 Å². The number of aryl methyl sites for hydroxylation is 1. The molecule has 0 bridgehead atoms. The Kier molecular flexibility index (Phi) is 3.85. The summed E-state index contributed by atoms with van der Waals surface area (Å²) in [6.45, 7) is 0. The molecule has 1 aromatic heterocycles. The van der Waals surface area contributed by atoms with Crippen LogP contribution in [-0.4, -0.2) is 31.3 Å². The predicted molar refractivity (Wildman–Crippen MR) is 76.2 cm³/mol. The van der Waals surface area contributed by atoms with Gasteiger partial charge in [0.05, 0.1) is 30.2 Å². The Labute approximate surface area is 121 Å². The van der Waals surface area contributed by atoms with Gasteiger partial charge in [-0.1, -0.05) is 0 Å². The Balaban J connectivity index is 2.34. The molecule has 9 heteroatoms. The van der Waals surface area contributed by atoms with Crippen molar-refractivity contribution in [2.24, 2.45) is 7.05 Å². The molecule has 0 unspecified atom stereocenters. The third kappa shape index (κ3) is 3.14. The average Bonchev–Trinajstić information content (AvgIpc) is 2.81. The normalized spacial score (nSPS) is 11.1. The fourth-order valence-corrected chi connectivity index (χ4v) is 2.86. The highest BCUT2D eigenvalue weighted by Crippen LogP contribution is 2.22. The van der Waals surface area contributed by atoms with Gasteiger partial charge in [0, 0.05) is 13.2 Å². The third-order valence-corrected chi connectivity index (χ3v) is 4.13. The molecule has 8 nitrogen and oxygen atoms in total. The lowest BCUT2D eigenvalue weighted by molar-refractivity contribution is 0.0600. The van der Waals surface area contributed by atoms with Crippen molar-refractivity contribution in [1.29, 1.82) is 0 Å². The summed E-state index contributed by atoms with van der Waals surface area (Å²) in [7, 11) is -0.967. The van der Waals surface area contributed by atoms with E-state index in [1.54, 1.807) is 7.05 Å². The van der Waals surface area contributed by atoms with Crippen molar-refractivity contribution >= 4 is 27.4 Å². The van der Waals surface area contributed by atoms with Gasteiger partial charge in [-0.05, 0) is 18.2 Å². The maximum Gasteiger partial charge on any atom is 0.337 e. The molecule has 0 saturated carbocycles. The molecule has 2 aromatic rings. The van der Waals surface area contributed by atoms with Crippen molar-refractivity contribution in [2.45, 2.75) is 4.90 Å². The molecule has 0 atom stereocenters. The Morgan fingerprint density at radius 2 is 2.14 bits per heavy atom. The standard InChI is InChI=1S/C12H14N4O4S/c1-16-7-9(6-14-16)15-21(18,19)11-4-3-8(5-10(11)13)12(17)20-2/h3-7,15H,13H2,1-2H3. The number of nitrogens with one attached hydrogen (secondary N) is 1. The highest BCUT2D eigenvalue weighted by molar-refractivity contribution is 7.92. The van der Waals surface area contributed by atoms with E-state index in [4.69, 9.17) is 5.73 Å². The van der Waals surface area contributed by atoms with Crippen LogP contribution in [0.1, 0.15) is 10.4 Å². The molecule has 0 amide bonds. The summed E-state index contributed by atoms with van der Waals surface area (Å²) in [4.78, 5) is 11.2. The first-order valence-electron chi connectivity index (χ1n) is 5.83. The predicted octanol–water partition coefficient (Wildman–Crippen LogP) is 0.590. The van der Waals surface area contributed by atoms with Gasteiger partial charge >= 0.3 is 5.97 Å². The fraction of sp³-hybridized carbons (Fsp3) is 0.167. The zero-order valence-corrected chi connectivity index (χ0v) is 12.2. The Morgan fingerprint density at radius 1 is 1.43 bits per heavy atom. The van der Waals surface area contributed by atoms with Gasteiger partial charge in [0.1, 0.15) is 4.90 Å². The van der Waals surface area contributed by atoms with Crippen LogP contribution < -0.4 is 10.5 Å². The number of aromatic nitrogens is 2. The lowest BCUT2D eigenvalue weighted by Gasteiger charge is -2.09. The lowest BCUT2D eigenvalue weighted by Crippen LogP contribution is -2.15. The monoisotopic (exact) mass is 310 g/mol. The van der Waals surface area contributed by atoms with Crippen LogP contribution in [0.25, 0.3) is 0 Å². The van der Waals surface area contributed by atoms with Crippen LogP contribution in [-0.2, 0) is 21.8 Å². The number of rotatable bonds is 4. The second-order valence-electron chi connectivity index (χ2n) is 4.25. The van der Waals surface area contributed by atoms with Crippen LogP contribution >= 0.6 is 0 Å². The SMILES string of the molecule is COC(=O)c1ccc(S(=O)(=O)Nc2cnn(C)c2)c(N)c1. The van der Waals surface area contributed by atoms with E-state index < -0.39 is 16.0 Å². The zero-order valence-electron chi connectivity index (χ0n) is 11.4. The molecule has 112 valence electrons. The number of methoxy groups -OCH3 is 1. The van der Waals surface area contributed by atoms with Crippen molar-refractivity contribution in [2.75, 3.05) is 17.6 Å². The number of carbonyl (C=O) groups is 1. The number of nitrogen functional groups attached to an aromatic ring is 1. The molecule has 2 rings (SSSR count). The number of hydrogen-bond donors (Lipinski definition) is 2. The van der Waals surface area contributed by atoms with Crippen molar-refractivity contribution in [3.05, 3.63) is 36.2 Å². The van der Waals surface area contributed by atoms with Gasteiger partial charge < -0.3 is 10.5 Å². The zero-order chi connectivity index (χ0) is 15.6. The van der Waals surface area contributed by atoms with Crippen LogP contribution in [0.3, 0.4) is 0 Å². The van der Waals surface area contributed by atoms with Crippen molar-refractivity contribution in [3.63, 3.8) is 0 Å². The van der Waals surface area contributed by atoms with Crippen molar-refractivity contribution < 1.29 is 17.9 Å². The molecule has 1 aromatic carbocycles. The third-order valence-electron chi connectivity index (χ3n) is 2.68. The fourth-order valence-electron chi connectivity index (χ4n) is 1.72. The number of ether oxygens (including phenoxy) is 1. The Bertz CT molecular complexity index is 782. The lowest BCUT2D eigenvalue weighted by atomic mass is 10.2. The number of anilines is 2. The minimum atomic E-state index is -3.86. The van der Waals surface area contributed by atoms with Crippen LogP contribution in [0, 0.1) is 0 Å². The largest absolute Gasteiger partial charge is 0.465 e. The van der Waals surface area contributed by atoms with Crippen LogP contribution in [0.15, 0.2) is 35.5 Å². The van der Waals surface area contributed by atoms with Crippen LogP contribution in [0.5, 0.6) is 0 Å². The number of nitrogens with two attached hydrogens (primary N) is 1. The van der Waals surface area contributed by atoms with E-state index >= 15 is 0 Å². The molecule has 0 radical (unpaired) electrons. The molecule has 0 spiro atoms. The summed E-state index contributed by atoms with van der Waals surface area (Å²) in [5.74, 6) is -0.592. The maximum atomic E-state index is 12.2. The molecule has 21 heavy (non-hydrogen) atoms. The molecule has 0 aliphatic carbocycles.